The fraction of sp³-hybridized carbons (Fsp3) is 0.0400. The van der Waals surface area contributed by atoms with Crippen molar-refractivity contribution in [2.75, 3.05) is 15.5 Å². The van der Waals surface area contributed by atoms with Gasteiger partial charge in [-0.1, -0.05) is 54.6 Å². The van der Waals surface area contributed by atoms with Gasteiger partial charge in [-0.25, -0.2) is 0 Å². The minimum Gasteiger partial charge on any atom is -0.455 e. The van der Waals surface area contributed by atoms with Gasteiger partial charge in [0, 0.05) is 16.3 Å². The summed E-state index contributed by atoms with van der Waals surface area (Å²) in [5.74, 6) is 0. The first kappa shape index (κ1) is 15.1. The van der Waals surface area contributed by atoms with Crippen molar-refractivity contribution in [2.24, 2.45) is 0 Å². The van der Waals surface area contributed by atoms with Crippen molar-refractivity contribution >= 4 is 44.7 Å². The van der Waals surface area contributed by atoms with Crippen molar-refractivity contribution in [3.05, 3.63) is 84.9 Å². The highest BCUT2D eigenvalue weighted by Gasteiger charge is 2.36. The summed E-state index contributed by atoms with van der Waals surface area (Å²) < 4.78 is 6.26. The molecule has 0 fully saturated rings. The Morgan fingerprint density at radius 3 is 2.45 bits per heavy atom. The summed E-state index contributed by atoms with van der Waals surface area (Å²) >= 11 is 0. The van der Waals surface area contributed by atoms with Crippen molar-refractivity contribution < 1.29 is 4.42 Å². The van der Waals surface area contributed by atoms with Gasteiger partial charge in [0.05, 0.1) is 22.7 Å². The van der Waals surface area contributed by atoms with Gasteiger partial charge in [0.2, 0.25) is 0 Å². The van der Waals surface area contributed by atoms with E-state index in [1.54, 1.807) is 0 Å². The number of fused-ring (bicyclic) bond motifs is 8. The van der Waals surface area contributed by atoms with Crippen LogP contribution >= 0.6 is 0 Å². The molecule has 1 atom stereocenters. The molecule has 0 aliphatic carbocycles. The van der Waals surface area contributed by atoms with Crippen LogP contribution in [0, 0.1) is 0 Å². The lowest BCUT2D eigenvalue weighted by atomic mass is 10.0. The van der Waals surface area contributed by atoms with Crippen LogP contribution in [0.1, 0.15) is 0 Å². The fourth-order valence-electron chi connectivity index (χ4n) is 4.67. The summed E-state index contributed by atoms with van der Waals surface area (Å²) in [7, 11) is 0. The van der Waals surface area contributed by atoms with Gasteiger partial charge in [0.1, 0.15) is 11.2 Å². The molecule has 29 heavy (non-hydrogen) atoms. The van der Waals surface area contributed by atoms with Gasteiger partial charge >= 0.3 is 0 Å². The van der Waals surface area contributed by atoms with E-state index in [2.05, 4.69) is 88.3 Å². The normalized spacial score (nSPS) is 16.4. The lowest BCUT2D eigenvalue weighted by molar-refractivity contribution is 0.670. The number of furan rings is 1. The third-order valence-corrected chi connectivity index (χ3v) is 5.98. The third kappa shape index (κ3) is 1.98. The minimum absolute atomic E-state index is 0.0552. The molecule has 0 amide bonds. The van der Waals surface area contributed by atoms with Crippen LogP contribution in [0.15, 0.2) is 89.3 Å². The number of nitrogens with zero attached hydrogens (tertiary/aromatic N) is 1. The molecule has 7 rings (SSSR count). The zero-order valence-electron chi connectivity index (χ0n) is 15.5. The lowest BCUT2D eigenvalue weighted by Gasteiger charge is -2.18. The Labute approximate surface area is 167 Å². The number of nitrogens with one attached hydrogen (secondary N) is 2. The average Bonchev–Trinajstić information content (AvgIpc) is 3.42. The molecule has 1 unspecified atom stereocenters. The summed E-state index contributed by atoms with van der Waals surface area (Å²) in [6.45, 7) is 0. The number of hydrogen-bond donors (Lipinski definition) is 2. The Hall–Kier alpha value is -3.92. The molecule has 138 valence electrons. The standard InChI is InChI=1S/C25H17N3O/c1-4-11-23-17(6-1)18-8-5-7-16(24(18)29-23)15-12-13-20-22(14-15)28-21-10-3-2-9-19(21)26-25(28)27-20/h1-14,25-27H. The smallest absolute Gasteiger partial charge is 0.180 e. The molecular weight excluding hydrogens is 358 g/mol. The molecule has 5 aromatic rings. The van der Waals surface area contributed by atoms with Crippen LogP contribution in [-0.2, 0) is 0 Å². The summed E-state index contributed by atoms with van der Waals surface area (Å²) in [6.07, 6.45) is 0.0552. The number of rotatable bonds is 1. The largest absolute Gasteiger partial charge is 0.455 e. The van der Waals surface area contributed by atoms with E-state index in [9.17, 15) is 0 Å². The van der Waals surface area contributed by atoms with Crippen molar-refractivity contribution in [3.8, 4) is 11.1 Å². The predicted molar refractivity (Wildman–Crippen MR) is 119 cm³/mol. The number of anilines is 4. The first-order valence-electron chi connectivity index (χ1n) is 9.83. The van der Waals surface area contributed by atoms with E-state index in [4.69, 9.17) is 4.42 Å². The van der Waals surface area contributed by atoms with E-state index >= 15 is 0 Å². The quantitative estimate of drug-likeness (QED) is 0.350. The fourth-order valence-corrected chi connectivity index (χ4v) is 4.67. The van der Waals surface area contributed by atoms with Crippen LogP contribution < -0.4 is 15.5 Å². The van der Waals surface area contributed by atoms with Crippen molar-refractivity contribution in [2.45, 2.75) is 6.29 Å². The van der Waals surface area contributed by atoms with E-state index in [0.29, 0.717) is 0 Å². The molecule has 0 saturated heterocycles. The summed E-state index contributed by atoms with van der Waals surface area (Å²) in [5.41, 5.74) is 8.80. The molecule has 0 bridgehead atoms. The Morgan fingerprint density at radius 2 is 1.48 bits per heavy atom. The monoisotopic (exact) mass is 375 g/mol. The van der Waals surface area contributed by atoms with Crippen molar-refractivity contribution in [1.29, 1.82) is 0 Å². The van der Waals surface area contributed by atoms with Gasteiger partial charge in [-0.2, -0.15) is 0 Å². The number of para-hydroxylation sites is 4. The Balaban J connectivity index is 1.43. The molecule has 1 aromatic heterocycles. The zero-order valence-corrected chi connectivity index (χ0v) is 15.5. The topological polar surface area (TPSA) is 40.4 Å². The second-order valence-electron chi connectivity index (χ2n) is 7.59. The van der Waals surface area contributed by atoms with E-state index in [-0.39, 0.29) is 6.29 Å². The van der Waals surface area contributed by atoms with Crippen LogP contribution in [-0.4, -0.2) is 6.29 Å². The predicted octanol–water partition coefficient (Wildman–Crippen LogP) is 6.53. The molecule has 4 nitrogen and oxygen atoms in total. The highest BCUT2D eigenvalue weighted by Crippen LogP contribution is 2.48. The van der Waals surface area contributed by atoms with E-state index in [1.807, 2.05) is 12.1 Å². The summed E-state index contributed by atoms with van der Waals surface area (Å²) in [4.78, 5) is 2.33. The number of benzene rings is 4. The molecule has 2 N–H and O–H groups in total. The van der Waals surface area contributed by atoms with Crippen LogP contribution in [0.4, 0.5) is 22.7 Å². The third-order valence-electron chi connectivity index (χ3n) is 5.98. The van der Waals surface area contributed by atoms with Gasteiger partial charge in [-0.05, 0) is 35.9 Å². The van der Waals surface area contributed by atoms with E-state index in [1.165, 1.54) is 11.4 Å². The zero-order chi connectivity index (χ0) is 18.9. The average molecular weight is 375 g/mol. The van der Waals surface area contributed by atoms with E-state index in [0.717, 1.165) is 44.4 Å². The maximum Gasteiger partial charge on any atom is 0.180 e. The molecule has 2 aliphatic heterocycles. The Bertz CT molecular complexity index is 1440. The van der Waals surface area contributed by atoms with Gasteiger partial charge in [0.25, 0.3) is 0 Å². The van der Waals surface area contributed by atoms with Crippen LogP contribution in [0.3, 0.4) is 0 Å². The second kappa shape index (κ2) is 5.32. The van der Waals surface area contributed by atoms with Crippen molar-refractivity contribution in [1.82, 2.24) is 0 Å². The molecule has 2 aliphatic rings. The Kier molecular flexibility index (Phi) is 2.76. The van der Waals surface area contributed by atoms with Crippen LogP contribution in [0.5, 0.6) is 0 Å². The van der Waals surface area contributed by atoms with E-state index < -0.39 is 0 Å². The first-order chi connectivity index (χ1) is 14.4. The first-order valence-corrected chi connectivity index (χ1v) is 9.83. The van der Waals surface area contributed by atoms with Crippen LogP contribution in [0.2, 0.25) is 0 Å². The minimum atomic E-state index is 0.0552. The van der Waals surface area contributed by atoms with Gasteiger partial charge < -0.3 is 15.1 Å². The molecule has 0 spiro atoms. The molecule has 4 aromatic carbocycles. The molecule has 4 heteroatoms. The second-order valence-corrected chi connectivity index (χ2v) is 7.59. The maximum atomic E-state index is 6.26. The SMILES string of the molecule is c1ccc2c(c1)NC1Nc3ccc(-c4cccc5c4oc4ccccc45)cc3N21. The highest BCUT2D eigenvalue weighted by atomic mass is 16.3. The summed E-state index contributed by atoms with van der Waals surface area (Å²) in [6, 6.07) is 29.6. The number of hydrogen-bond acceptors (Lipinski definition) is 4. The molecule has 0 radical (unpaired) electrons. The van der Waals surface area contributed by atoms with Crippen molar-refractivity contribution in [3.63, 3.8) is 0 Å². The van der Waals surface area contributed by atoms with Gasteiger partial charge in [-0.15, -0.1) is 0 Å². The summed E-state index contributed by atoms with van der Waals surface area (Å²) in [5, 5.41) is 9.43. The highest BCUT2D eigenvalue weighted by molar-refractivity contribution is 6.10. The Morgan fingerprint density at radius 1 is 0.690 bits per heavy atom. The molecule has 3 heterocycles. The van der Waals surface area contributed by atoms with Gasteiger partial charge in [0.15, 0.2) is 6.29 Å². The van der Waals surface area contributed by atoms with Gasteiger partial charge in [-0.3, -0.25) is 4.90 Å². The maximum absolute atomic E-state index is 6.26. The molecule has 0 saturated carbocycles. The molecular formula is C25H17N3O. The van der Waals surface area contributed by atoms with Crippen LogP contribution in [0.25, 0.3) is 33.1 Å². The lowest BCUT2D eigenvalue weighted by Crippen LogP contribution is -2.32.